The third-order valence-corrected chi connectivity index (χ3v) is 2.17. The summed E-state index contributed by atoms with van der Waals surface area (Å²) in [6.07, 6.45) is 13.2. The third-order valence-electron chi connectivity index (χ3n) is 2.17. The monoisotopic (exact) mass is 191 g/mol. The van der Waals surface area contributed by atoms with Crippen LogP contribution in [-0.2, 0) is 0 Å². The van der Waals surface area contributed by atoms with Gasteiger partial charge in [0, 0.05) is 0 Å². The minimum Gasteiger partial charge on any atom is -0.100 e. The number of allylic oxidation sites excluding steroid dienone is 4. The Hall–Kier alpha value is -0.780. The Morgan fingerprint density at radius 1 is 1.50 bits per heavy atom. The van der Waals surface area contributed by atoms with Crippen LogP contribution < -0.4 is 0 Å². The van der Waals surface area contributed by atoms with Crippen LogP contribution in [-0.4, -0.2) is 0 Å². The first kappa shape index (κ1) is 13.2. The molecule has 0 fully saturated rings. The topological polar surface area (TPSA) is 0 Å². The molecule has 0 heterocycles. The lowest BCUT2D eigenvalue weighted by molar-refractivity contribution is 0.587. The average molecular weight is 191 g/mol. The molecule has 0 saturated carbocycles. The maximum Gasteiger partial charge on any atom is -0.0193 e. The van der Waals surface area contributed by atoms with Crippen LogP contribution in [0.4, 0.5) is 0 Å². The summed E-state index contributed by atoms with van der Waals surface area (Å²) >= 11 is 0. The lowest BCUT2D eigenvalue weighted by Gasteiger charge is -2.10. The van der Waals surface area contributed by atoms with Crippen molar-refractivity contribution in [2.45, 2.75) is 46.0 Å². The van der Waals surface area contributed by atoms with Crippen molar-refractivity contribution in [1.29, 1.82) is 0 Å². The Kier molecular flexibility index (Phi) is 8.31. The molecule has 0 spiro atoms. The number of rotatable bonds is 8. The van der Waals surface area contributed by atoms with E-state index in [0.717, 1.165) is 19.3 Å². The van der Waals surface area contributed by atoms with Gasteiger partial charge in [0.2, 0.25) is 0 Å². The zero-order chi connectivity index (χ0) is 10.8. The summed E-state index contributed by atoms with van der Waals surface area (Å²) < 4.78 is 0. The molecule has 0 aliphatic rings. The molecule has 0 aromatic carbocycles. The van der Waals surface area contributed by atoms with Crippen molar-refractivity contribution in [3.05, 3.63) is 37.0 Å². The Morgan fingerprint density at radius 3 is 2.71 bits per heavy atom. The highest BCUT2D eigenvalue weighted by Gasteiger charge is 2.03. The standard InChI is InChI=1S/C14H23/c1-5-7-9-11-14(10-8-6-2)12-13(3)4/h9,11,14H,2-3,5,7-8,10,12H2,1,4H3. The molecular formula is C14H23. The lowest BCUT2D eigenvalue weighted by Crippen LogP contribution is -1.96. The molecule has 0 heteroatoms. The molecule has 1 unspecified atom stereocenters. The van der Waals surface area contributed by atoms with Gasteiger partial charge in [-0.3, -0.25) is 0 Å². The van der Waals surface area contributed by atoms with E-state index in [1.807, 2.05) is 0 Å². The summed E-state index contributed by atoms with van der Waals surface area (Å²) in [6.45, 7) is 11.9. The van der Waals surface area contributed by atoms with Crippen molar-refractivity contribution in [3.63, 3.8) is 0 Å². The second kappa shape index (κ2) is 8.80. The van der Waals surface area contributed by atoms with Gasteiger partial charge in [-0.2, -0.15) is 0 Å². The summed E-state index contributed by atoms with van der Waals surface area (Å²) in [7, 11) is 0. The summed E-state index contributed by atoms with van der Waals surface area (Å²) in [4.78, 5) is 0. The summed E-state index contributed by atoms with van der Waals surface area (Å²) in [5.41, 5.74) is 1.26. The largest absolute Gasteiger partial charge is 0.100 e. The second-order valence-electron chi connectivity index (χ2n) is 3.93. The van der Waals surface area contributed by atoms with Gasteiger partial charge in [-0.15, -0.1) is 6.58 Å². The molecule has 0 rings (SSSR count). The van der Waals surface area contributed by atoms with Crippen molar-refractivity contribution in [1.82, 2.24) is 0 Å². The van der Waals surface area contributed by atoms with Crippen LogP contribution in [0, 0.1) is 12.0 Å². The van der Waals surface area contributed by atoms with Gasteiger partial charge >= 0.3 is 0 Å². The molecule has 0 aromatic heterocycles. The van der Waals surface area contributed by atoms with E-state index in [2.05, 4.69) is 45.2 Å². The van der Waals surface area contributed by atoms with Crippen LogP contribution in [0.1, 0.15) is 46.0 Å². The van der Waals surface area contributed by atoms with Gasteiger partial charge in [-0.05, 0) is 38.5 Å². The molecule has 0 aromatic rings. The quantitative estimate of drug-likeness (QED) is 0.488. The molecule has 0 bridgehead atoms. The van der Waals surface area contributed by atoms with E-state index in [-0.39, 0.29) is 0 Å². The van der Waals surface area contributed by atoms with E-state index < -0.39 is 0 Å². The fourth-order valence-corrected chi connectivity index (χ4v) is 1.46. The first-order valence-corrected chi connectivity index (χ1v) is 5.51. The zero-order valence-corrected chi connectivity index (χ0v) is 9.68. The molecular weight excluding hydrogens is 168 g/mol. The summed E-state index contributed by atoms with van der Waals surface area (Å²) in [6, 6.07) is 0. The number of unbranched alkanes of at least 4 members (excludes halogenated alkanes) is 1. The lowest BCUT2D eigenvalue weighted by atomic mass is 9.95. The normalized spacial score (nSPS) is 13.0. The third kappa shape index (κ3) is 7.85. The van der Waals surface area contributed by atoms with E-state index in [4.69, 9.17) is 0 Å². The van der Waals surface area contributed by atoms with Crippen LogP contribution >= 0.6 is 0 Å². The van der Waals surface area contributed by atoms with Gasteiger partial charge in [0.25, 0.3) is 0 Å². The van der Waals surface area contributed by atoms with Gasteiger partial charge in [-0.25, -0.2) is 0 Å². The predicted molar refractivity (Wildman–Crippen MR) is 65.1 cm³/mol. The second-order valence-corrected chi connectivity index (χ2v) is 3.93. The maximum absolute atomic E-state index is 3.96. The van der Waals surface area contributed by atoms with E-state index in [0.29, 0.717) is 5.92 Å². The number of hydrogen-bond donors (Lipinski definition) is 0. The Morgan fingerprint density at radius 2 is 2.21 bits per heavy atom. The van der Waals surface area contributed by atoms with E-state index in [9.17, 15) is 0 Å². The highest BCUT2D eigenvalue weighted by atomic mass is 14.1. The van der Waals surface area contributed by atoms with Crippen LogP contribution in [0.3, 0.4) is 0 Å². The fraction of sp³-hybridized carbons (Fsp3) is 0.571. The smallest absolute Gasteiger partial charge is 0.0193 e. The molecule has 0 aliphatic heterocycles. The van der Waals surface area contributed by atoms with Crippen LogP contribution in [0.15, 0.2) is 30.9 Å². The number of hydrogen-bond acceptors (Lipinski definition) is 0. The van der Waals surface area contributed by atoms with Crippen LogP contribution in [0.25, 0.3) is 0 Å². The van der Waals surface area contributed by atoms with Crippen molar-refractivity contribution in [3.8, 4) is 0 Å². The minimum atomic E-state index is 0.633. The van der Waals surface area contributed by atoms with Crippen LogP contribution in [0.2, 0.25) is 0 Å². The molecule has 0 N–H and O–H groups in total. The Bertz CT molecular complexity index is 186. The predicted octanol–water partition coefficient (Wildman–Crippen LogP) is 4.69. The maximum atomic E-state index is 3.96. The molecule has 79 valence electrons. The minimum absolute atomic E-state index is 0.633. The van der Waals surface area contributed by atoms with Gasteiger partial charge < -0.3 is 0 Å². The van der Waals surface area contributed by atoms with Crippen molar-refractivity contribution >= 4 is 0 Å². The Labute approximate surface area is 89.4 Å². The molecule has 0 aliphatic carbocycles. The van der Waals surface area contributed by atoms with Gasteiger partial charge in [0.1, 0.15) is 0 Å². The van der Waals surface area contributed by atoms with Crippen molar-refractivity contribution in [2.75, 3.05) is 0 Å². The van der Waals surface area contributed by atoms with Gasteiger partial charge in [0.15, 0.2) is 0 Å². The molecule has 1 atom stereocenters. The molecule has 1 radical (unpaired) electrons. The first-order valence-electron chi connectivity index (χ1n) is 5.51. The van der Waals surface area contributed by atoms with E-state index in [1.165, 1.54) is 18.4 Å². The van der Waals surface area contributed by atoms with Gasteiger partial charge in [-0.1, -0.05) is 43.7 Å². The SMILES string of the molecule is C=[C]CCC(C=CCCC)CC(=C)C. The van der Waals surface area contributed by atoms with E-state index >= 15 is 0 Å². The molecule has 14 heavy (non-hydrogen) atoms. The molecule has 0 saturated heterocycles. The fourth-order valence-electron chi connectivity index (χ4n) is 1.46. The molecule has 0 nitrogen and oxygen atoms in total. The highest BCUT2D eigenvalue weighted by Crippen LogP contribution is 2.17. The first-order chi connectivity index (χ1) is 6.70. The van der Waals surface area contributed by atoms with Crippen molar-refractivity contribution in [2.24, 2.45) is 5.92 Å². The zero-order valence-electron chi connectivity index (χ0n) is 9.68. The van der Waals surface area contributed by atoms with Crippen LogP contribution in [0.5, 0.6) is 0 Å². The van der Waals surface area contributed by atoms with E-state index in [1.54, 1.807) is 0 Å². The Balaban J connectivity index is 3.95. The summed E-state index contributed by atoms with van der Waals surface area (Å²) in [5.74, 6) is 0.633. The summed E-state index contributed by atoms with van der Waals surface area (Å²) in [5, 5.41) is 0. The van der Waals surface area contributed by atoms with Crippen molar-refractivity contribution < 1.29 is 0 Å². The average Bonchev–Trinajstić information content (AvgIpc) is 2.13. The highest BCUT2D eigenvalue weighted by molar-refractivity contribution is 4.98. The molecule has 0 amide bonds. The van der Waals surface area contributed by atoms with Gasteiger partial charge in [0.05, 0.1) is 0 Å².